The van der Waals surface area contributed by atoms with Crippen LogP contribution < -0.4 is 15.0 Å². The van der Waals surface area contributed by atoms with Crippen LogP contribution >= 0.6 is 0 Å². The molecule has 31 heavy (non-hydrogen) atoms. The maximum Gasteiger partial charge on any atom is 0.259 e. The number of hydrogen-bond acceptors (Lipinski definition) is 4. The van der Waals surface area contributed by atoms with E-state index in [4.69, 9.17) is 4.74 Å². The van der Waals surface area contributed by atoms with Crippen molar-refractivity contribution in [1.82, 2.24) is 10.3 Å². The second-order valence-electron chi connectivity index (χ2n) is 7.69. The van der Waals surface area contributed by atoms with Gasteiger partial charge in [0.05, 0.1) is 7.11 Å². The number of nitrogens with one attached hydrogen (secondary N) is 1. The number of amides is 2. The predicted octanol–water partition coefficient (Wildman–Crippen LogP) is 3.27. The molecule has 6 nitrogen and oxygen atoms in total. The van der Waals surface area contributed by atoms with Gasteiger partial charge in [0.15, 0.2) is 11.6 Å². The van der Waals surface area contributed by atoms with Gasteiger partial charge in [0.25, 0.3) is 11.8 Å². The van der Waals surface area contributed by atoms with Crippen molar-refractivity contribution in [3.63, 3.8) is 0 Å². The third-order valence-electron chi connectivity index (χ3n) is 5.83. The van der Waals surface area contributed by atoms with Crippen molar-refractivity contribution in [1.29, 1.82) is 0 Å². The molecule has 0 atom stereocenters. The van der Waals surface area contributed by atoms with E-state index in [2.05, 4.69) is 10.3 Å². The Balaban J connectivity index is 1.50. The Bertz CT molecular complexity index is 1220. The summed E-state index contributed by atoms with van der Waals surface area (Å²) in [4.78, 5) is 30.4. The molecule has 1 N–H and O–H groups in total. The number of halogens is 1. The number of fused-ring (bicyclic) bond motifs is 2. The third kappa shape index (κ3) is 3.32. The minimum Gasteiger partial charge on any atom is -0.496 e. The molecule has 0 saturated carbocycles. The van der Waals surface area contributed by atoms with E-state index in [0.29, 0.717) is 42.8 Å². The van der Waals surface area contributed by atoms with Crippen LogP contribution in [0.15, 0.2) is 48.7 Å². The number of anilines is 1. The van der Waals surface area contributed by atoms with Crippen LogP contribution in [0, 0.1) is 5.82 Å². The predicted molar refractivity (Wildman–Crippen MR) is 113 cm³/mol. The summed E-state index contributed by atoms with van der Waals surface area (Å²) in [5, 5.41) is 2.82. The van der Waals surface area contributed by atoms with Gasteiger partial charge >= 0.3 is 0 Å². The van der Waals surface area contributed by atoms with E-state index in [0.717, 1.165) is 22.3 Å². The van der Waals surface area contributed by atoms with Crippen molar-refractivity contribution in [2.45, 2.75) is 19.4 Å². The van der Waals surface area contributed by atoms with Crippen molar-refractivity contribution in [3.8, 4) is 5.75 Å². The fraction of sp³-hybridized carbons (Fsp3) is 0.208. The molecule has 3 heterocycles. The first-order valence-corrected chi connectivity index (χ1v) is 10.1. The molecule has 0 unspecified atom stereocenters. The van der Waals surface area contributed by atoms with Crippen LogP contribution in [-0.2, 0) is 19.4 Å². The Kier molecular flexibility index (Phi) is 4.66. The fourth-order valence-electron chi connectivity index (χ4n) is 4.27. The zero-order valence-corrected chi connectivity index (χ0v) is 16.9. The van der Waals surface area contributed by atoms with Crippen molar-refractivity contribution >= 4 is 17.6 Å². The highest BCUT2D eigenvalue weighted by Crippen LogP contribution is 2.32. The van der Waals surface area contributed by atoms with E-state index in [-0.39, 0.29) is 17.6 Å². The summed E-state index contributed by atoms with van der Waals surface area (Å²) in [5.41, 5.74) is 4.95. The number of methoxy groups -OCH3 is 1. The van der Waals surface area contributed by atoms with E-state index >= 15 is 0 Å². The van der Waals surface area contributed by atoms with E-state index in [9.17, 15) is 14.0 Å². The topological polar surface area (TPSA) is 71.5 Å². The molecule has 0 saturated heterocycles. The van der Waals surface area contributed by atoms with Crippen LogP contribution in [0.1, 0.15) is 43.0 Å². The standard InChI is InChI=1S/C24H20FN3O3/c1-31-21-12-15-6-8-28(22-20(25)3-2-7-26-22)24(30)19(15)11-16(21)9-14-4-5-18-17(10-14)13-27-23(18)29/h2-5,7,10-12H,6,8-9,13H2,1H3,(H,27,29). The number of hydrogen-bond donors (Lipinski definition) is 1. The lowest BCUT2D eigenvalue weighted by Crippen LogP contribution is -2.38. The minimum atomic E-state index is -0.519. The maximum absolute atomic E-state index is 14.2. The van der Waals surface area contributed by atoms with Crippen LogP contribution in [0.2, 0.25) is 0 Å². The molecular weight excluding hydrogens is 397 g/mol. The molecule has 156 valence electrons. The van der Waals surface area contributed by atoms with Gasteiger partial charge in [-0.2, -0.15) is 0 Å². The van der Waals surface area contributed by atoms with Gasteiger partial charge < -0.3 is 10.1 Å². The number of aromatic nitrogens is 1. The molecule has 2 amide bonds. The second-order valence-corrected chi connectivity index (χ2v) is 7.69. The number of rotatable bonds is 4. The lowest BCUT2D eigenvalue weighted by molar-refractivity contribution is 0.0962. The quantitative estimate of drug-likeness (QED) is 0.707. The molecule has 3 aromatic rings. The molecule has 2 aliphatic rings. The number of pyridine rings is 1. The van der Waals surface area contributed by atoms with E-state index in [1.807, 2.05) is 30.3 Å². The van der Waals surface area contributed by atoms with Gasteiger partial charge in [0.1, 0.15) is 5.75 Å². The summed E-state index contributed by atoms with van der Waals surface area (Å²) in [6.45, 7) is 0.876. The highest BCUT2D eigenvalue weighted by molar-refractivity contribution is 6.08. The summed E-state index contributed by atoms with van der Waals surface area (Å²) in [7, 11) is 1.61. The first-order valence-electron chi connectivity index (χ1n) is 10.1. The average molecular weight is 417 g/mol. The summed E-state index contributed by atoms with van der Waals surface area (Å²) in [6.07, 6.45) is 2.61. The molecule has 1 aromatic heterocycles. The molecule has 0 spiro atoms. The molecule has 0 bridgehead atoms. The molecule has 7 heteroatoms. The molecule has 2 aromatic carbocycles. The number of nitrogens with zero attached hydrogens (tertiary/aromatic N) is 2. The lowest BCUT2D eigenvalue weighted by Gasteiger charge is -2.29. The molecular formula is C24H20FN3O3. The van der Waals surface area contributed by atoms with Gasteiger partial charge in [0.2, 0.25) is 0 Å². The molecule has 2 aliphatic heterocycles. The van der Waals surface area contributed by atoms with Gasteiger partial charge in [0, 0.05) is 36.8 Å². The van der Waals surface area contributed by atoms with Gasteiger partial charge in [-0.05, 0) is 59.0 Å². The van der Waals surface area contributed by atoms with E-state index in [1.54, 1.807) is 7.11 Å². The first-order chi connectivity index (χ1) is 15.0. The van der Waals surface area contributed by atoms with Crippen LogP contribution in [0.3, 0.4) is 0 Å². The summed E-state index contributed by atoms with van der Waals surface area (Å²) in [6, 6.07) is 12.3. The largest absolute Gasteiger partial charge is 0.496 e. The smallest absolute Gasteiger partial charge is 0.259 e. The number of carbonyl (C=O) groups is 2. The first kappa shape index (κ1) is 19.2. The minimum absolute atomic E-state index is 0.0475. The number of ether oxygens (including phenoxy) is 1. The van der Waals surface area contributed by atoms with Gasteiger partial charge in [-0.15, -0.1) is 0 Å². The summed E-state index contributed by atoms with van der Waals surface area (Å²) < 4.78 is 19.8. The van der Waals surface area contributed by atoms with Crippen LogP contribution in [0.4, 0.5) is 10.2 Å². The third-order valence-corrected chi connectivity index (χ3v) is 5.83. The highest BCUT2D eigenvalue weighted by atomic mass is 19.1. The SMILES string of the molecule is COc1cc2c(cc1Cc1ccc3c(c1)CNC3=O)C(=O)N(c1ncccc1F)CC2. The molecule has 5 rings (SSSR count). The van der Waals surface area contributed by atoms with Gasteiger partial charge in [-0.25, -0.2) is 9.37 Å². The number of benzene rings is 2. The monoisotopic (exact) mass is 417 g/mol. The Morgan fingerprint density at radius 2 is 2.00 bits per heavy atom. The van der Waals surface area contributed by atoms with Crippen molar-refractivity contribution in [2.75, 3.05) is 18.6 Å². The van der Waals surface area contributed by atoms with Crippen LogP contribution in [0.25, 0.3) is 0 Å². The van der Waals surface area contributed by atoms with Gasteiger partial charge in [-0.3, -0.25) is 14.5 Å². The Hall–Kier alpha value is -3.74. The van der Waals surface area contributed by atoms with Crippen molar-refractivity contribution in [2.24, 2.45) is 0 Å². The average Bonchev–Trinajstić information content (AvgIpc) is 3.15. The lowest BCUT2D eigenvalue weighted by atomic mass is 9.92. The maximum atomic E-state index is 14.2. The molecule has 0 radical (unpaired) electrons. The number of carbonyl (C=O) groups excluding carboxylic acids is 2. The van der Waals surface area contributed by atoms with Crippen LogP contribution in [0.5, 0.6) is 5.75 Å². The zero-order chi connectivity index (χ0) is 21.5. The summed E-state index contributed by atoms with van der Waals surface area (Å²) in [5.74, 6) is -0.0915. The fourth-order valence-corrected chi connectivity index (χ4v) is 4.27. The second kappa shape index (κ2) is 7.50. The normalized spacial score (nSPS) is 14.8. The highest BCUT2D eigenvalue weighted by Gasteiger charge is 2.29. The Morgan fingerprint density at radius 1 is 1.13 bits per heavy atom. The Labute approximate surface area is 178 Å². The van der Waals surface area contributed by atoms with Crippen molar-refractivity contribution in [3.05, 3.63) is 87.9 Å². The van der Waals surface area contributed by atoms with E-state index < -0.39 is 5.82 Å². The molecule has 0 fully saturated rings. The van der Waals surface area contributed by atoms with E-state index in [1.165, 1.54) is 23.2 Å². The summed E-state index contributed by atoms with van der Waals surface area (Å²) >= 11 is 0. The molecule has 0 aliphatic carbocycles. The Morgan fingerprint density at radius 3 is 2.81 bits per heavy atom. The van der Waals surface area contributed by atoms with Crippen molar-refractivity contribution < 1.29 is 18.7 Å². The zero-order valence-electron chi connectivity index (χ0n) is 16.9. The van der Waals surface area contributed by atoms with Gasteiger partial charge in [-0.1, -0.05) is 12.1 Å². The van der Waals surface area contributed by atoms with Crippen LogP contribution in [-0.4, -0.2) is 30.5 Å².